The Kier molecular flexibility index (Phi) is 4.49. The number of rotatable bonds is 2. The monoisotopic (exact) mass is 395 g/mol. The second-order valence-electron chi connectivity index (χ2n) is 8.04. The number of hydrogen-bond acceptors (Lipinski definition) is 6. The van der Waals surface area contributed by atoms with Crippen molar-refractivity contribution in [2.75, 3.05) is 5.32 Å². The average Bonchev–Trinajstić information content (AvgIpc) is 3.04. The molecule has 0 bridgehead atoms. The van der Waals surface area contributed by atoms with Gasteiger partial charge in [-0.15, -0.1) is 0 Å². The molecule has 8 nitrogen and oxygen atoms in total. The Balaban J connectivity index is 1.78. The van der Waals surface area contributed by atoms with Crippen LogP contribution in [0.25, 0.3) is 21.7 Å². The number of benzene rings is 2. The Labute approximate surface area is 166 Å². The van der Waals surface area contributed by atoms with E-state index in [0.717, 1.165) is 10.8 Å². The highest BCUT2D eigenvalue weighted by atomic mass is 16.6. The number of hydrogen-bond donors (Lipinski definition) is 2. The number of aromatic nitrogens is 1. The van der Waals surface area contributed by atoms with Crippen LogP contribution in [0.3, 0.4) is 0 Å². The van der Waals surface area contributed by atoms with Gasteiger partial charge >= 0.3 is 6.09 Å². The largest absolute Gasteiger partial charge is 0.444 e. The molecule has 0 radical (unpaired) electrons. The minimum absolute atomic E-state index is 0.251. The van der Waals surface area contributed by atoms with Gasteiger partial charge < -0.3 is 9.26 Å². The van der Waals surface area contributed by atoms with Crippen molar-refractivity contribution >= 4 is 45.3 Å². The van der Waals surface area contributed by atoms with E-state index in [1.807, 2.05) is 12.1 Å². The van der Waals surface area contributed by atoms with Crippen molar-refractivity contribution in [2.24, 2.45) is 0 Å². The quantitative estimate of drug-likeness (QED) is 0.638. The predicted molar refractivity (Wildman–Crippen MR) is 106 cm³/mol. The van der Waals surface area contributed by atoms with E-state index < -0.39 is 17.6 Å². The second-order valence-corrected chi connectivity index (χ2v) is 8.04. The summed E-state index contributed by atoms with van der Waals surface area (Å²) in [4.78, 5) is 36.0. The van der Waals surface area contributed by atoms with Crippen LogP contribution < -0.4 is 10.6 Å². The maximum absolute atomic E-state index is 12.3. The molecule has 8 heteroatoms. The molecule has 1 aliphatic heterocycles. The number of anilines is 1. The van der Waals surface area contributed by atoms with E-state index in [1.165, 1.54) is 0 Å². The summed E-state index contributed by atoms with van der Waals surface area (Å²) in [5.41, 5.74) is 0.987. The minimum atomic E-state index is -0.616. The number of carbonyl (C=O) groups excluding carboxylic acids is 3. The van der Waals surface area contributed by atoms with Crippen molar-refractivity contribution in [1.29, 1.82) is 0 Å². The van der Waals surface area contributed by atoms with Crippen LogP contribution in [0.1, 0.15) is 45.2 Å². The van der Waals surface area contributed by atoms with Crippen LogP contribution in [0.4, 0.5) is 10.5 Å². The lowest BCUT2D eigenvalue weighted by Gasteiger charge is -2.20. The number of nitrogens with one attached hydrogen (secondary N) is 2. The molecule has 1 saturated heterocycles. The van der Waals surface area contributed by atoms with Crippen LogP contribution in [0.2, 0.25) is 0 Å². The fourth-order valence-electron chi connectivity index (χ4n) is 3.54. The molecule has 1 aromatic heterocycles. The van der Waals surface area contributed by atoms with Crippen molar-refractivity contribution in [3.05, 3.63) is 36.0 Å². The van der Waals surface area contributed by atoms with E-state index in [4.69, 9.17) is 9.26 Å². The van der Waals surface area contributed by atoms with Crippen molar-refractivity contribution in [3.8, 4) is 0 Å². The third kappa shape index (κ3) is 3.65. The number of carbonyl (C=O) groups is 3. The normalized spacial score (nSPS) is 17.4. The first-order valence-electron chi connectivity index (χ1n) is 9.37. The third-order valence-electron chi connectivity index (χ3n) is 4.73. The van der Waals surface area contributed by atoms with Gasteiger partial charge in [0.25, 0.3) is 0 Å². The number of ether oxygens (including phenoxy) is 1. The number of imide groups is 1. The maximum atomic E-state index is 12.3. The van der Waals surface area contributed by atoms with Gasteiger partial charge in [0.05, 0.1) is 17.0 Å². The molecular weight excluding hydrogens is 374 g/mol. The molecule has 1 fully saturated rings. The summed E-state index contributed by atoms with van der Waals surface area (Å²) in [7, 11) is 0. The van der Waals surface area contributed by atoms with E-state index in [0.29, 0.717) is 28.8 Å². The molecule has 1 atom stereocenters. The van der Waals surface area contributed by atoms with Gasteiger partial charge in [-0.05, 0) is 50.8 Å². The zero-order valence-electron chi connectivity index (χ0n) is 16.4. The minimum Gasteiger partial charge on any atom is -0.444 e. The summed E-state index contributed by atoms with van der Waals surface area (Å²) in [5, 5.41) is 11.5. The van der Waals surface area contributed by atoms with Gasteiger partial charge in [-0.25, -0.2) is 4.79 Å². The summed E-state index contributed by atoms with van der Waals surface area (Å²) in [6.45, 7) is 5.38. The summed E-state index contributed by atoms with van der Waals surface area (Å²) in [6, 6.07) is 9.03. The maximum Gasteiger partial charge on any atom is 0.412 e. The molecule has 1 unspecified atom stereocenters. The van der Waals surface area contributed by atoms with Crippen LogP contribution in [-0.2, 0) is 14.3 Å². The van der Waals surface area contributed by atoms with E-state index in [2.05, 4.69) is 15.8 Å². The number of nitrogens with zero attached hydrogens (tertiary/aromatic N) is 1. The number of amides is 3. The summed E-state index contributed by atoms with van der Waals surface area (Å²) in [5.74, 6) is -1.23. The Bertz CT molecular complexity index is 1140. The lowest BCUT2D eigenvalue weighted by atomic mass is 9.91. The van der Waals surface area contributed by atoms with Crippen LogP contribution >= 0.6 is 0 Å². The lowest BCUT2D eigenvalue weighted by Crippen LogP contribution is -2.39. The molecule has 0 saturated carbocycles. The van der Waals surface area contributed by atoms with Gasteiger partial charge in [-0.1, -0.05) is 17.3 Å². The smallest absolute Gasteiger partial charge is 0.412 e. The molecule has 3 aromatic rings. The van der Waals surface area contributed by atoms with Crippen molar-refractivity contribution in [1.82, 2.24) is 10.5 Å². The van der Waals surface area contributed by atoms with Gasteiger partial charge in [0.2, 0.25) is 11.8 Å². The second kappa shape index (κ2) is 6.88. The molecule has 150 valence electrons. The van der Waals surface area contributed by atoms with Crippen molar-refractivity contribution in [3.63, 3.8) is 0 Å². The molecule has 0 spiro atoms. The van der Waals surface area contributed by atoms with Gasteiger partial charge in [-0.2, -0.15) is 0 Å². The highest BCUT2D eigenvalue weighted by Crippen LogP contribution is 2.37. The van der Waals surface area contributed by atoms with Crippen LogP contribution in [-0.4, -0.2) is 28.7 Å². The fourth-order valence-corrected chi connectivity index (χ4v) is 3.54. The predicted octanol–water partition coefficient (Wildman–Crippen LogP) is 3.85. The molecular formula is C21H21N3O5. The highest BCUT2D eigenvalue weighted by molar-refractivity contribution is 6.14. The summed E-state index contributed by atoms with van der Waals surface area (Å²) < 4.78 is 10.8. The molecule has 1 aliphatic rings. The number of fused-ring (bicyclic) bond motifs is 3. The molecule has 2 N–H and O–H groups in total. The zero-order valence-corrected chi connectivity index (χ0v) is 16.4. The SMILES string of the molecule is CC(C)(C)OC(=O)Nc1cccc2c1ccc1onc(C3CCC(=O)NC3=O)c12. The topological polar surface area (TPSA) is 111 Å². The Morgan fingerprint density at radius 2 is 2.00 bits per heavy atom. The van der Waals surface area contributed by atoms with E-state index in [9.17, 15) is 14.4 Å². The molecule has 3 amide bonds. The van der Waals surface area contributed by atoms with Crippen LogP contribution in [0, 0.1) is 0 Å². The van der Waals surface area contributed by atoms with Crippen molar-refractivity contribution in [2.45, 2.75) is 45.1 Å². The van der Waals surface area contributed by atoms with E-state index in [1.54, 1.807) is 39.0 Å². The van der Waals surface area contributed by atoms with E-state index >= 15 is 0 Å². The average molecular weight is 395 g/mol. The first-order valence-corrected chi connectivity index (χ1v) is 9.37. The van der Waals surface area contributed by atoms with Gasteiger partial charge in [0.15, 0.2) is 5.58 Å². The van der Waals surface area contributed by atoms with E-state index in [-0.39, 0.29) is 18.2 Å². The van der Waals surface area contributed by atoms with Gasteiger partial charge in [-0.3, -0.25) is 20.2 Å². The van der Waals surface area contributed by atoms with Crippen LogP contribution in [0.5, 0.6) is 0 Å². The Morgan fingerprint density at radius 1 is 1.21 bits per heavy atom. The highest BCUT2D eigenvalue weighted by Gasteiger charge is 2.32. The standard InChI is InChI=1S/C21H21N3O5/c1-21(2,3)28-20(27)22-14-6-4-5-12-11(14)7-9-15-17(12)18(24-29-15)13-8-10-16(25)23-19(13)26/h4-7,9,13H,8,10H2,1-3H3,(H,22,27)(H,23,25,26). The first kappa shape index (κ1) is 18.9. The summed E-state index contributed by atoms with van der Waals surface area (Å²) >= 11 is 0. The molecule has 29 heavy (non-hydrogen) atoms. The Hall–Kier alpha value is -3.42. The molecule has 0 aliphatic carbocycles. The Morgan fingerprint density at radius 3 is 2.72 bits per heavy atom. The molecule has 2 heterocycles. The fraction of sp³-hybridized carbons (Fsp3) is 0.333. The van der Waals surface area contributed by atoms with Gasteiger partial charge in [0, 0.05) is 11.8 Å². The number of piperidine rings is 1. The van der Waals surface area contributed by atoms with Crippen LogP contribution in [0.15, 0.2) is 34.9 Å². The third-order valence-corrected chi connectivity index (χ3v) is 4.73. The zero-order chi connectivity index (χ0) is 20.8. The lowest BCUT2D eigenvalue weighted by molar-refractivity contribution is -0.134. The van der Waals surface area contributed by atoms with Crippen molar-refractivity contribution < 1.29 is 23.6 Å². The first-order chi connectivity index (χ1) is 13.7. The summed E-state index contributed by atoms with van der Waals surface area (Å²) in [6.07, 6.45) is 0.0697. The molecule has 2 aromatic carbocycles. The van der Waals surface area contributed by atoms with Gasteiger partial charge in [0.1, 0.15) is 11.3 Å². The molecule has 4 rings (SSSR count).